The van der Waals surface area contributed by atoms with Gasteiger partial charge in [0, 0.05) is 12.7 Å². The van der Waals surface area contributed by atoms with E-state index in [-0.39, 0.29) is 30.8 Å². The van der Waals surface area contributed by atoms with Crippen molar-refractivity contribution in [3.8, 4) is 0 Å². The number of urea groups is 1. The number of hydrogen-bond donors (Lipinski definition) is 2. The largest absolute Gasteiger partial charge is 0.335 e. The van der Waals surface area contributed by atoms with Crippen LogP contribution >= 0.6 is 0 Å². The fraction of sp³-hybridized carbons (Fsp3) is 0.545. The third-order valence-electron chi connectivity index (χ3n) is 6.27. The van der Waals surface area contributed by atoms with Gasteiger partial charge >= 0.3 is 6.03 Å². The summed E-state index contributed by atoms with van der Waals surface area (Å²) >= 11 is 0. The van der Waals surface area contributed by atoms with Crippen LogP contribution in [0.15, 0.2) is 24.3 Å². The van der Waals surface area contributed by atoms with Crippen LogP contribution in [0, 0.1) is 5.92 Å². The fourth-order valence-electron chi connectivity index (χ4n) is 4.34. The smallest absolute Gasteiger partial charge is 0.325 e. The van der Waals surface area contributed by atoms with E-state index in [1.165, 1.54) is 11.9 Å². The Kier molecular flexibility index (Phi) is 6.43. The molecule has 2 atom stereocenters. The zero-order valence-corrected chi connectivity index (χ0v) is 17.9. The van der Waals surface area contributed by atoms with E-state index in [1.54, 1.807) is 0 Å². The number of likely N-dealkylation sites (N-methyl/N-ethyl adjacent to an activating group) is 1. The number of para-hydroxylation sites is 1. The summed E-state index contributed by atoms with van der Waals surface area (Å²) in [5, 5.41) is 5.65. The van der Waals surface area contributed by atoms with Crippen LogP contribution in [0.25, 0.3) is 0 Å². The fourth-order valence-corrected chi connectivity index (χ4v) is 4.34. The standard InChI is InChI=1S/C22H30N4O4/c1-4-16-10-5-6-11-17(16)23-18(27)13-25(3)19(28)14-26-20(29)22(24-21(26)30)12-8-7-9-15(22)2/h5-6,10-11,15H,4,7-9,12-14H2,1-3H3,(H,23,27)(H,24,30)/t15-,22+/m1/s1. The number of hydrogen-bond acceptors (Lipinski definition) is 4. The lowest BCUT2D eigenvalue weighted by atomic mass is 9.73. The van der Waals surface area contributed by atoms with Crippen molar-refractivity contribution in [1.29, 1.82) is 0 Å². The Labute approximate surface area is 177 Å². The zero-order chi connectivity index (χ0) is 21.9. The van der Waals surface area contributed by atoms with E-state index in [1.807, 2.05) is 38.1 Å². The first kappa shape index (κ1) is 21.8. The zero-order valence-electron chi connectivity index (χ0n) is 17.9. The van der Waals surface area contributed by atoms with Gasteiger partial charge in [-0.15, -0.1) is 0 Å². The number of carbonyl (C=O) groups is 4. The molecular weight excluding hydrogens is 384 g/mol. The molecule has 3 rings (SSSR count). The molecule has 0 unspecified atom stereocenters. The molecule has 162 valence electrons. The first-order valence-electron chi connectivity index (χ1n) is 10.5. The highest BCUT2D eigenvalue weighted by Crippen LogP contribution is 2.38. The van der Waals surface area contributed by atoms with Crippen LogP contribution in [0.5, 0.6) is 0 Å². The number of benzene rings is 1. The van der Waals surface area contributed by atoms with Crippen molar-refractivity contribution in [2.45, 2.75) is 51.5 Å². The van der Waals surface area contributed by atoms with E-state index in [4.69, 9.17) is 0 Å². The molecule has 1 spiro atoms. The quantitative estimate of drug-likeness (QED) is 0.697. The van der Waals surface area contributed by atoms with Crippen LogP contribution in [0.1, 0.15) is 45.1 Å². The first-order valence-corrected chi connectivity index (χ1v) is 10.5. The monoisotopic (exact) mass is 414 g/mol. The van der Waals surface area contributed by atoms with Crippen molar-refractivity contribution >= 4 is 29.4 Å². The van der Waals surface area contributed by atoms with Gasteiger partial charge in [0.15, 0.2) is 0 Å². The van der Waals surface area contributed by atoms with Gasteiger partial charge in [-0.2, -0.15) is 0 Å². The van der Waals surface area contributed by atoms with Gasteiger partial charge in [0.2, 0.25) is 11.8 Å². The molecule has 1 aliphatic carbocycles. The topological polar surface area (TPSA) is 98.8 Å². The molecular formula is C22H30N4O4. The third kappa shape index (κ3) is 4.17. The molecule has 8 heteroatoms. The first-order chi connectivity index (χ1) is 14.3. The summed E-state index contributed by atoms with van der Waals surface area (Å²) in [6.45, 7) is 3.43. The SMILES string of the molecule is CCc1ccccc1NC(=O)CN(C)C(=O)CN1C(=O)N[C@]2(CCCC[C@H]2C)C1=O. The molecule has 1 heterocycles. The maximum atomic E-state index is 13.0. The van der Waals surface area contributed by atoms with Crippen LogP contribution in [0.3, 0.4) is 0 Å². The summed E-state index contributed by atoms with van der Waals surface area (Å²) in [7, 11) is 1.49. The van der Waals surface area contributed by atoms with Crippen LogP contribution in [-0.4, -0.2) is 59.2 Å². The van der Waals surface area contributed by atoms with Crippen molar-refractivity contribution in [1.82, 2.24) is 15.1 Å². The molecule has 1 aliphatic heterocycles. The molecule has 1 aromatic rings. The lowest BCUT2D eigenvalue weighted by molar-refractivity contribution is -0.140. The van der Waals surface area contributed by atoms with Crippen LogP contribution in [-0.2, 0) is 20.8 Å². The van der Waals surface area contributed by atoms with Gasteiger partial charge in [-0.3, -0.25) is 19.3 Å². The van der Waals surface area contributed by atoms with Crippen molar-refractivity contribution < 1.29 is 19.2 Å². The second-order valence-corrected chi connectivity index (χ2v) is 8.25. The van der Waals surface area contributed by atoms with Gasteiger partial charge in [0.25, 0.3) is 5.91 Å². The van der Waals surface area contributed by atoms with Gasteiger partial charge in [-0.25, -0.2) is 4.79 Å². The van der Waals surface area contributed by atoms with Gasteiger partial charge in [0.1, 0.15) is 12.1 Å². The maximum absolute atomic E-state index is 13.0. The molecule has 8 nitrogen and oxygen atoms in total. The Balaban J connectivity index is 1.59. The van der Waals surface area contributed by atoms with E-state index in [0.717, 1.165) is 36.1 Å². The van der Waals surface area contributed by atoms with Crippen molar-refractivity contribution in [3.63, 3.8) is 0 Å². The summed E-state index contributed by atoms with van der Waals surface area (Å²) in [5.74, 6) is -1.09. The Morgan fingerprint density at radius 3 is 2.70 bits per heavy atom. The van der Waals surface area contributed by atoms with Crippen LogP contribution < -0.4 is 10.6 Å². The van der Waals surface area contributed by atoms with Gasteiger partial charge in [0.05, 0.1) is 6.54 Å². The Bertz CT molecular complexity index is 855. The molecule has 0 aromatic heterocycles. The highest BCUT2D eigenvalue weighted by molar-refractivity contribution is 6.09. The second-order valence-electron chi connectivity index (χ2n) is 8.25. The molecule has 30 heavy (non-hydrogen) atoms. The van der Waals surface area contributed by atoms with Crippen molar-refractivity contribution in [3.05, 3.63) is 29.8 Å². The maximum Gasteiger partial charge on any atom is 0.325 e. The van der Waals surface area contributed by atoms with Crippen molar-refractivity contribution in [2.24, 2.45) is 5.92 Å². The minimum Gasteiger partial charge on any atom is -0.335 e. The number of imide groups is 1. The van der Waals surface area contributed by atoms with E-state index in [9.17, 15) is 19.2 Å². The highest BCUT2D eigenvalue weighted by atomic mass is 16.2. The summed E-state index contributed by atoms with van der Waals surface area (Å²) in [6, 6.07) is 6.96. The number of aryl methyl sites for hydroxylation is 1. The number of rotatable bonds is 6. The Morgan fingerprint density at radius 1 is 1.27 bits per heavy atom. The Hall–Kier alpha value is -2.90. The van der Waals surface area contributed by atoms with E-state index in [0.29, 0.717) is 12.1 Å². The Morgan fingerprint density at radius 2 is 2.00 bits per heavy atom. The lowest BCUT2D eigenvalue weighted by Gasteiger charge is -2.36. The van der Waals surface area contributed by atoms with E-state index in [2.05, 4.69) is 10.6 Å². The third-order valence-corrected chi connectivity index (χ3v) is 6.27. The van der Waals surface area contributed by atoms with E-state index < -0.39 is 17.5 Å². The summed E-state index contributed by atoms with van der Waals surface area (Å²) < 4.78 is 0. The molecule has 1 saturated carbocycles. The molecule has 0 bridgehead atoms. The van der Waals surface area contributed by atoms with Gasteiger partial charge in [-0.1, -0.05) is 44.9 Å². The van der Waals surface area contributed by atoms with E-state index >= 15 is 0 Å². The second kappa shape index (κ2) is 8.85. The summed E-state index contributed by atoms with van der Waals surface area (Å²) in [4.78, 5) is 52.7. The number of nitrogens with zero attached hydrogens (tertiary/aromatic N) is 2. The molecule has 0 radical (unpaired) electrons. The van der Waals surface area contributed by atoms with Crippen LogP contribution in [0.2, 0.25) is 0 Å². The normalized spacial score (nSPS) is 23.4. The predicted molar refractivity (Wildman–Crippen MR) is 113 cm³/mol. The number of nitrogens with one attached hydrogen (secondary N) is 2. The average Bonchev–Trinajstić information content (AvgIpc) is 2.95. The number of anilines is 1. The molecule has 2 N–H and O–H groups in total. The molecule has 2 fully saturated rings. The minimum absolute atomic E-state index is 0.0324. The molecule has 2 aliphatic rings. The van der Waals surface area contributed by atoms with Crippen LogP contribution in [0.4, 0.5) is 10.5 Å². The highest BCUT2D eigenvalue weighted by Gasteiger charge is 2.55. The summed E-state index contributed by atoms with van der Waals surface area (Å²) in [5.41, 5.74) is 0.828. The molecule has 1 aromatic carbocycles. The minimum atomic E-state index is -0.893. The van der Waals surface area contributed by atoms with Crippen molar-refractivity contribution in [2.75, 3.05) is 25.5 Å². The lowest BCUT2D eigenvalue weighted by Crippen LogP contribution is -2.54. The number of carbonyl (C=O) groups excluding carboxylic acids is 4. The predicted octanol–water partition coefficient (Wildman–Crippen LogP) is 2.15. The summed E-state index contributed by atoms with van der Waals surface area (Å²) in [6.07, 6.45) is 4.14. The number of amides is 5. The van der Waals surface area contributed by atoms with Gasteiger partial charge in [-0.05, 0) is 36.8 Å². The van der Waals surface area contributed by atoms with Gasteiger partial charge < -0.3 is 15.5 Å². The molecule has 1 saturated heterocycles. The molecule has 5 amide bonds. The average molecular weight is 415 g/mol.